The van der Waals surface area contributed by atoms with Crippen LogP contribution < -0.4 is 5.32 Å². The summed E-state index contributed by atoms with van der Waals surface area (Å²) in [5.74, 6) is 0.668. The first-order chi connectivity index (χ1) is 8.78. The third-order valence-corrected chi connectivity index (χ3v) is 4.06. The van der Waals surface area contributed by atoms with E-state index in [0.717, 1.165) is 19.6 Å². The predicted molar refractivity (Wildman–Crippen MR) is 86.8 cm³/mol. The fourth-order valence-electron chi connectivity index (χ4n) is 2.01. The molecule has 1 aromatic heterocycles. The van der Waals surface area contributed by atoms with Crippen LogP contribution in [-0.4, -0.2) is 29.6 Å². The van der Waals surface area contributed by atoms with Gasteiger partial charge in [0, 0.05) is 29.5 Å². The lowest BCUT2D eigenvalue weighted by molar-refractivity contribution is 0.180. The minimum absolute atomic E-state index is 0.213. The van der Waals surface area contributed by atoms with Gasteiger partial charge in [-0.2, -0.15) is 0 Å². The first kappa shape index (κ1) is 16.7. The number of nitrogens with zero attached hydrogens (tertiary/aromatic N) is 1. The minimum atomic E-state index is 0.213. The van der Waals surface area contributed by atoms with Crippen LogP contribution in [0.3, 0.4) is 0 Å². The monoisotopic (exact) mass is 282 g/mol. The van der Waals surface area contributed by atoms with Crippen molar-refractivity contribution in [3.63, 3.8) is 0 Å². The maximum atomic E-state index is 3.60. The molecule has 3 heteroatoms. The van der Waals surface area contributed by atoms with E-state index in [1.165, 1.54) is 4.88 Å². The molecule has 0 saturated carbocycles. The van der Waals surface area contributed by atoms with E-state index in [0.29, 0.717) is 12.0 Å². The van der Waals surface area contributed by atoms with Crippen LogP contribution in [0.25, 0.3) is 0 Å². The Kier molecular flexibility index (Phi) is 6.51. The lowest BCUT2D eigenvalue weighted by Crippen LogP contribution is -2.42. The van der Waals surface area contributed by atoms with E-state index in [9.17, 15) is 0 Å². The van der Waals surface area contributed by atoms with E-state index in [4.69, 9.17) is 0 Å². The number of thiophene rings is 1. The molecule has 0 aromatic carbocycles. The average Bonchev–Trinajstić information content (AvgIpc) is 2.77. The van der Waals surface area contributed by atoms with E-state index in [2.05, 4.69) is 69.3 Å². The van der Waals surface area contributed by atoms with Crippen molar-refractivity contribution in [2.24, 2.45) is 5.92 Å². The Morgan fingerprint density at radius 2 is 1.95 bits per heavy atom. The minimum Gasteiger partial charge on any atom is -0.312 e. The first-order valence-corrected chi connectivity index (χ1v) is 8.17. The van der Waals surface area contributed by atoms with Crippen LogP contribution in [0.4, 0.5) is 0 Å². The van der Waals surface area contributed by atoms with Gasteiger partial charge in [-0.05, 0) is 58.5 Å². The molecule has 0 aliphatic heterocycles. The molecule has 0 aliphatic rings. The van der Waals surface area contributed by atoms with Gasteiger partial charge in [-0.1, -0.05) is 13.0 Å². The van der Waals surface area contributed by atoms with E-state index < -0.39 is 0 Å². The van der Waals surface area contributed by atoms with Gasteiger partial charge >= 0.3 is 0 Å². The summed E-state index contributed by atoms with van der Waals surface area (Å²) in [5.41, 5.74) is 0.213. The number of rotatable bonds is 7. The molecule has 0 aliphatic carbocycles. The highest BCUT2D eigenvalue weighted by Crippen LogP contribution is 2.15. The van der Waals surface area contributed by atoms with Crippen molar-refractivity contribution in [1.82, 2.24) is 10.2 Å². The normalized spacial score (nSPS) is 14.3. The molecule has 1 atom stereocenters. The van der Waals surface area contributed by atoms with Gasteiger partial charge in [-0.3, -0.25) is 4.90 Å². The summed E-state index contributed by atoms with van der Waals surface area (Å²) in [6, 6.07) is 4.97. The highest BCUT2D eigenvalue weighted by molar-refractivity contribution is 7.09. The Morgan fingerprint density at radius 1 is 1.26 bits per heavy atom. The fraction of sp³-hybridized carbons (Fsp3) is 0.750. The average molecular weight is 282 g/mol. The lowest BCUT2D eigenvalue weighted by Gasteiger charge is -2.30. The van der Waals surface area contributed by atoms with E-state index in [1.807, 2.05) is 11.3 Å². The highest BCUT2D eigenvalue weighted by atomic mass is 32.1. The SMILES string of the molecule is CC(CNC(C)(C)C)CN(Cc1cccs1)C(C)C. The van der Waals surface area contributed by atoms with Gasteiger partial charge in [0.25, 0.3) is 0 Å². The van der Waals surface area contributed by atoms with Crippen LogP contribution in [0.2, 0.25) is 0 Å². The van der Waals surface area contributed by atoms with Crippen LogP contribution in [-0.2, 0) is 6.54 Å². The van der Waals surface area contributed by atoms with Gasteiger partial charge in [0.15, 0.2) is 0 Å². The molecule has 1 N–H and O–H groups in total. The molecular weight excluding hydrogens is 252 g/mol. The largest absolute Gasteiger partial charge is 0.312 e. The maximum absolute atomic E-state index is 3.60. The van der Waals surface area contributed by atoms with E-state index in [1.54, 1.807) is 0 Å². The first-order valence-electron chi connectivity index (χ1n) is 7.29. The molecule has 0 radical (unpaired) electrons. The Morgan fingerprint density at radius 3 is 2.42 bits per heavy atom. The second-order valence-electron chi connectivity index (χ2n) is 6.84. The van der Waals surface area contributed by atoms with Crippen molar-refractivity contribution in [3.8, 4) is 0 Å². The predicted octanol–water partition coefficient (Wildman–Crippen LogP) is 3.98. The molecular formula is C16H30N2S. The van der Waals surface area contributed by atoms with Crippen molar-refractivity contribution in [2.75, 3.05) is 13.1 Å². The fourth-order valence-corrected chi connectivity index (χ4v) is 2.74. The third-order valence-electron chi connectivity index (χ3n) is 3.20. The summed E-state index contributed by atoms with van der Waals surface area (Å²) in [6.07, 6.45) is 0. The summed E-state index contributed by atoms with van der Waals surface area (Å²) in [5, 5.41) is 5.77. The Hall–Kier alpha value is -0.380. The summed E-state index contributed by atoms with van der Waals surface area (Å²) < 4.78 is 0. The van der Waals surface area contributed by atoms with Crippen molar-refractivity contribution in [1.29, 1.82) is 0 Å². The van der Waals surface area contributed by atoms with Gasteiger partial charge < -0.3 is 5.32 Å². The van der Waals surface area contributed by atoms with Crippen LogP contribution in [0.5, 0.6) is 0 Å². The molecule has 0 spiro atoms. The van der Waals surface area contributed by atoms with Crippen LogP contribution in [0.1, 0.15) is 46.4 Å². The summed E-state index contributed by atoms with van der Waals surface area (Å²) in [4.78, 5) is 4.03. The molecule has 2 nitrogen and oxygen atoms in total. The van der Waals surface area contributed by atoms with Gasteiger partial charge in [-0.25, -0.2) is 0 Å². The van der Waals surface area contributed by atoms with Gasteiger partial charge in [0.2, 0.25) is 0 Å². The summed E-state index contributed by atoms with van der Waals surface area (Å²) >= 11 is 1.86. The molecule has 19 heavy (non-hydrogen) atoms. The molecule has 110 valence electrons. The lowest BCUT2D eigenvalue weighted by atomic mass is 10.1. The van der Waals surface area contributed by atoms with Gasteiger partial charge in [0.05, 0.1) is 0 Å². The van der Waals surface area contributed by atoms with Gasteiger partial charge in [0.1, 0.15) is 0 Å². The van der Waals surface area contributed by atoms with Crippen LogP contribution in [0, 0.1) is 5.92 Å². The molecule has 1 rings (SSSR count). The smallest absolute Gasteiger partial charge is 0.0330 e. The third kappa shape index (κ3) is 7.09. The van der Waals surface area contributed by atoms with E-state index >= 15 is 0 Å². The number of nitrogens with one attached hydrogen (secondary N) is 1. The number of hydrogen-bond donors (Lipinski definition) is 1. The van der Waals surface area contributed by atoms with Crippen molar-refractivity contribution >= 4 is 11.3 Å². The molecule has 0 amide bonds. The summed E-state index contributed by atoms with van der Waals surface area (Å²) in [6.45, 7) is 16.9. The van der Waals surface area contributed by atoms with E-state index in [-0.39, 0.29) is 5.54 Å². The molecule has 0 bridgehead atoms. The topological polar surface area (TPSA) is 15.3 Å². The maximum Gasteiger partial charge on any atom is 0.0330 e. The van der Waals surface area contributed by atoms with Crippen LogP contribution >= 0.6 is 11.3 Å². The molecule has 0 fully saturated rings. The molecule has 1 unspecified atom stereocenters. The quantitative estimate of drug-likeness (QED) is 0.813. The number of hydrogen-bond acceptors (Lipinski definition) is 3. The highest BCUT2D eigenvalue weighted by Gasteiger charge is 2.16. The zero-order valence-electron chi connectivity index (χ0n) is 13.4. The van der Waals surface area contributed by atoms with Crippen LogP contribution in [0.15, 0.2) is 17.5 Å². The molecule has 1 aromatic rings. The van der Waals surface area contributed by atoms with Gasteiger partial charge in [-0.15, -0.1) is 11.3 Å². The zero-order valence-corrected chi connectivity index (χ0v) is 14.2. The Balaban J connectivity index is 2.44. The zero-order chi connectivity index (χ0) is 14.5. The van der Waals surface area contributed by atoms with Crippen molar-refractivity contribution in [3.05, 3.63) is 22.4 Å². The summed E-state index contributed by atoms with van der Waals surface area (Å²) in [7, 11) is 0. The molecule has 0 saturated heterocycles. The standard InChI is InChI=1S/C16H30N2S/c1-13(2)18(12-15-8-7-9-19-15)11-14(3)10-17-16(4,5)6/h7-9,13-14,17H,10-12H2,1-6H3. The second-order valence-corrected chi connectivity index (χ2v) is 7.87. The Bertz CT molecular complexity index is 338. The van der Waals surface area contributed by atoms with Crippen molar-refractivity contribution in [2.45, 2.75) is 59.7 Å². The molecule has 1 heterocycles. The second kappa shape index (κ2) is 7.41. The van der Waals surface area contributed by atoms with Crippen molar-refractivity contribution < 1.29 is 0 Å². The Labute approximate surface area is 123 Å².